The summed E-state index contributed by atoms with van der Waals surface area (Å²) in [5.41, 5.74) is 2.38. The Bertz CT molecular complexity index is 1240. The van der Waals surface area contributed by atoms with Crippen molar-refractivity contribution >= 4 is 34.0 Å². The summed E-state index contributed by atoms with van der Waals surface area (Å²) in [6.07, 6.45) is 0.900. The van der Waals surface area contributed by atoms with E-state index in [0.717, 1.165) is 22.9 Å². The molecule has 0 saturated carbocycles. The van der Waals surface area contributed by atoms with Gasteiger partial charge in [-0.05, 0) is 60.3 Å². The minimum absolute atomic E-state index is 0.208. The second-order valence-electron chi connectivity index (χ2n) is 7.39. The second-order valence-corrected chi connectivity index (χ2v) is 7.39. The molecule has 0 atom stereocenters. The van der Waals surface area contributed by atoms with Gasteiger partial charge in [0, 0.05) is 27.9 Å². The van der Waals surface area contributed by atoms with E-state index in [1.807, 2.05) is 55.5 Å². The Balaban J connectivity index is 1.42. The third kappa shape index (κ3) is 4.95. The molecule has 5 heteroatoms. The second kappa shape index (κ2) is 9.79. The molecule has 5 nitrogen and oxygen atoms in total. The maximum atomic E-state index is 12.7. The van der Waals surface area contributed by atoms with E-state index in [1.165, 1.54) is 0 Å². The first-order chi connectivity index (χ1) is 15.6. The highest BCUT2D eigenvalue weighted by molar-refractivity contribution is 6.09. The molecule has 0 aliphatic carbocycles. The Kier molecular flexibility index (Phi) is 6.46. The largest absolute Gasteiger partial charge is 0.494 e. The van der Waals surface area contributed by atoms with Crippen LogP contribution >= 0.6 is 0 Å². The number of nitrogens with one attached hydrogen (secondary N) is 2. The summed E-state index contributed by atoms with van der Waals surface area (Å²) >= 11 is 0. The summed E-state index contributed by atoms with van der Waals surface area (Å²) < 4.78 is 5.59. The Labute approximate surface area is 187 Å². The van der Waals surface area contributed by atoms with Gasteiger partial charge in [0.05, 0.1) is 6.61 Å². The Morgan fingerprint density at radius 3 is 2.28 bits per heavy atom. The van der Waals surface area contributed by atoms with E-state index in [-0.39, 0.29) is 11.8 Å². The number of fused-ring (bicyclic) bond motifs is 1. The van der Waals surface area contributed by atoms with Gasteiger partial charge in [0.25, 0.3) is 11.8 Å². The highest BCUT2D eigenvalue weighted by Gasteiger charge is 2.11. The number of carbonyl (C=O) groups excluding carboxylic acids is 2. The molecular weight excluding hydrogens is 400 g/mol. The Hall–Kier alpha value is -4.12. The van der Waals surface area contributed by atoms with Crippen LogP contribution < -0.4 is 15.4 Å². The van der Waals surface area contributed by atoms with Crippen LogP contribution in [0.3, 0.4) is 0 Å². The standard InChI is InChI=1S/C27H24N2O3/c1-2-17-32-23-10-5-9-21(18-23)27(31)28-22-15-13-20(14-16-22)26(30)29-25-12-6-8-19-7-3-4-11-24(19)25/h3-16,18H,2,17H2,1H3,(H,28,31)(H,29,30). The van der Waals surface area contributed by atoms with Gasteiger partial charge in [-0.3, -0.25) is 9.59 Å². The quantitative estimate of drug-likeness (QED) is 0.375. The average molecular weight is 425 g/mol. The van der Waals surface area contributed by atoms with E-state index >= 15 is 0 Å². The molecule has 4 aromatic rings. The molecule has 0 fully saturated rings. The zero-order valence-corrected chi connectivity index (χ0v) is 17.8. The molecule has 160 valence electrons. The molecule has 0 unspecified atom stereocenters. The van der Waals surface area contributed by atoms with Gasteiger partial charge in [0.1, 0.15) is 5.75 Å². The number of hydrogen-bond acceptors (Lipinski definition) is 3. The van der Waals surface area contributed by atoms with Gasteiger partial charge in [0.2, 0.25) is 0 Å². The number of anilines is 2. The van der Waals surface area contributed by atoms with Crippen LogP contribution in [0.25, 0.3) is 10.8 Å². The molecule has 0 spiro atoms. The molecule has 0 aliphatic heterocycles. The summed E-state index contributed by atoms with van der Waals surface area (Å²) in [5, 5.41) is 7.87. The maximum Gasteiger partial charge on any atom is 0.255 e. The van der Waals surface area contributed by atoms with Crippen molar-refractivity contribution in [1.82, 2.24) is 0 Å². The topological polar surface area (TPSA) is 67.4 Å². The summed E-state index contributed by atoms with van der Waals surface area (Å²) in [4.78, 5) is 25.3. The van der Waals surface area contributed by atoms with Crippen LogP contribution in [0.2, 0.25) is 0 Å². The molecule has 2 N–H and O–H groups in total. The normalized spacial score (nSPS) is 10.5. The SMILES string of the molecule is CCCOc1cccc(C(=O)Nc2ccc(C(=O)Nc3cccc4ccccc34)cc2)c1. The van der Waals surface area contributed by atoms with Crippen molar-refractivity contribution in [2.45, 2.75) is 13.3 Å². The van der Waals surface area contributed by atoms with Crippen molar-refractivity contribution in [3.63, 3.8) is 0 Å². The highest BCUT2D eigenvalue weighted by atomic mass is 16.5. The van der Waals surface area contributed by atoms with Crippen LogP contribution in [-0.2, 0) is 0 Å². The molecule has 32 heavy (non-hydrogen) atoms. The first-order valence-corrected chi connectivity index (χ1v) is 10.6. The number of rotatable bonds is 7. The predicted octanol–water partition coefficient (Wildman–Crippen LogP) is 6.13. The highest BCUT2D eigenvalue weighted by Crippen LogP contribution is 2.24. The van der Waals surface area contributed by atoms with Crippen molar-refractivity contribution in [1.29, 1.82) is 0 Å². The monoisotopic (exact) mass is 424 g/mol. The van der Waals surface area contributed by atoms with E-state index in [2.05, 4.69) is 10.6 Å². The van der Waals surface area contributed by atoms with E-state index < -0.39 is 0 Å². The zero-order valence-electron chi connectivity index (χ0n) is 17.8. The Morgan fingerprint density at radius 1 is 0.750 bits per heavy atom. The first kappa shape index (κ1) is 21.1. The van der Waals surface area contributed by atoms with Crippen molar-refractivity contribution in [2.75, 3.05) is 17.2 Å². The lowest BCUT2D eigenvalue weighted by Gasteiger charge is -2.10. The van der Waals surface area contributed by atoms with Crippen molar-refractivity contribution in [3.05, 3.63) is 102 Å². The molecule has 0 heterocycles. The number of hydrogen-bond donors (Lipinski definition) is 2. The van der Waals surface area contributed by atoms with Crippen molar-refractivity contribution < 1.29 is 14.3 Å². The van der Waals surface area contributed by atoms with Gasteiger partial charge in [-0.15, -0.1) is 0 Å². The average Bonchev–Trinajstić information content (AvgIpc) is 2.83. The fraction of sp³-hybridized carbons (Fsp3) is 0.111. The van der Waals surface area contributed by atoms with Crippen LogP contribution in [0.4, 0.5) is 11.4 Å². The minimum Gasteiger partial charge on any atom is -0.494 e. The third-order valence-electron chi connectivity index (χ3n) is 5.01. The van der Waals surface area contributed by atoms with Gasteiger partial charge in [-0.2, -0.15) is 0 Å². The van der Waals surface area contributed by atoms with Gasteiger partial charge in [-0.25, -0.2) is 0 Å². The molecule has 0 saturated heterocycles. The summed E-state index contributed by atoms with van der Waals surface area (Å²) in [6.45, 7) is 2.63. The smallest absolute Gasteiger partial charge is 0.255 e. The van der Waals surface area contributed by atoms with Crippen LogP contribution in [-0.4, -0.2) is 18.4 Å². The lowest BCUT2D eigenvalue weighted by atomic mass is 10.1. The van der Waals surface area contributed by atoms with Gasteiger partial charge >= 0.3 is 0 Å². The van der Waals surface area contributed by atoms with Crippen LogP contribution in [0.1, 0.15) is 34.1 Å². The number of amides is 2. The summed E-state index contributed by atoms with van der Waals surface area (Å²) in [6, 6.07) is 27.6. The number of carbonyl (C=O) groups is 2. The third-order valence-corrected chi connectivity index (χ3v) is 5.01. The van der Waals surface area contributed by atoms with Crippen LogP contribution in [0.15, 0.2) is 91.0 Å². The van der Waals surface area contributed by atoms with E-state index in [4.69, 9.17) is 4.74 Å². The van der Waals surface area contributed by atoms with Gasteiger partial charge in [0.15, 0.2) is 0 Å². The molecular formula is C27H24N2O3. The zero-order chi connectivity index (χ0) is 22.3. The molecule has 0 radical (unpaired) electrons. The molecule has 0 aromatic heterocycles. The predicted molar refractivity (Wildman–Crippen MR) is 129 cm³/mol. The first-order valence-electron chi connectivity index (χ1n) is 10.6. The molecule has 4 rings (SSSR count). The molecule has 0 bridgehead atoms. The summed E-state index contributed by atoms with van der Waals surface area (Å²) in [7, 11) is 0. The molecule has 4 aromatic carbocycles. The van der Waals surface area contributed by atoms with Gasteiger partial charge in [-0.1, -0.05) is 49.4 Å². The Morgan fingerprint density at radius 2 is 1.47 bits per heavy atom. The fourth-order valence-corrected chi connectivity index (χ4v) is 3.38. The van der Waals surface area contributed by atoms with Gasteiger partial charge < -0.3 is 15.4 Å². The van der Waals surface area contributed by atoms with Crippen LogP contribution in [0, 0.1) is 0 Å². The fourth-order valence-electron chi connectivity index (χ4n) is 3.38. The summed E-state index contributed by atoms with van der Waals surface area (Å²) in [5.74, 6) is 0.222. The number of ether oxygens (including phenoxy) is 1. The van der Waals surface area contributed by atoms with E-state index in [0.29, 0.717) is 29.2 Å². The molecule has 2 amide bonds. The maximum absolute atomic E-state index is 12.7. The lowest BCUT2D eigenvalue weighted by Crippen LogP contribution is -2.14. The lowest BCUT2D eigenvalue weighted by molar-refractivity contribution is 0.101. The molecule has 0 aliphatic rings. The number of benzene rings is 4. The van der Waals surface area contributed by atoms with Crippen LogP contribution in [0.5, 0.6) is 5.75 Å². The van der Waals surface area contributed by atoms with Crippen molar-refractivity contribution in [2.24, 2.45) is 0 Å². The van der Waals surface area contributed by atoms with E-state index in [9.17, 15) is 9.59 Å². The minimum atomic E-state index is -0.236. The van der Waals surface area contributed by atoms with E-state index in [1.54, 1.807) is 42.5 Å². The van der Waals surface area contributed by atoms with Crippen molar-refractivity contribution in [3.8, 4) is 5.75 Å².